The monoisotopic (exact) mass is 413 g/mol. The Balaban J connectivity index is 2.21. The second-order valence-corrected chi connectivity index (χ2v) is 7.35. The Morgan fingerprint density at radius 3 is 2.72 bits per heavy atom. The van der Waals surface area contributed by atoms with E-state index < -0.39 is 12.0 Å². The van der Waals surface area contributed by atoms with Gasteiger partial charge in [0.2, 0.25) is 0 Å². The van der Waals surface area contributed by atoms with Gasteiger partial charge in [0.05, 0.1) is 23.7 Å². The Morgan fingerprint density at radius 2 is 2.07 bits per heavy atom. The number of pyridine rings is 1. The Hall–Kier alpha value is -2.73. The molecule has 2 unspecified atom stereocenters. The van der Waals surface area contributed by atoms with E-state index in [2.05, 4.69) is 4.98 Å². The summed E-state index contributed by atoms with van der Waals surface area (Å²) in [5.41, 5.74) is 2.48. The SMILES string of the molecule is CCOC(=O)CN1C(=O)C(C(C)CC)N=C(c2ccccn2)c2cc(Cl)ccc21. The van der Waals surface area contributed by atoms with Gasteiger partial charge in [0.15, 0.2) is 0 Å². The maximum Gasteiger partial charge on any atom is 0.326 e. The molecular formula is C22H24ClN3O3. The van der Waals surface area contributed by atoms with Gasteiger partial charge in [0.1, 0.15) is 12.6 Å². The van der Waals surface area contributed by atoms with Crippen molar-refractivity contribution in [3.8, 4) is 0 Å². The first-order valence-corrected chi connectivity index (χ1v) is 10.1. The van der Waals surface area contributed by atoms with E-state index in [-0.39, 0.29) is 25.0 Å². The average Bonchev–Trinajstić information content (AvgIpc) is 2.83. The molecule has 6 nitrogen and oxygen atoms in total. The van der Waals surface area contributed by atoms with Crippen LogP contribution in [0.2, 0.25) is 5.02 Å². The number of halogens is 1. The summed E-state index contributed by atoms with van der Waals surface area (Å²) in [6, 6.07) is 10.1. The smallest absolute Gasteiger partial charge is 0.326 e. The number of fused-ring (bicyclic) bond motifs is 1. The summed E-state index contributed by atoms with van der Waals surface area (Å²) < 4.78 is 5.10. The van der Waals surface area contributed by atoms with Crippen LogP contribution >= 0.6 is 11.6 Å². The maximum absolute atomic E-state index is 13.5. The lowest BCUT2D eigenvalue weighted by atomic mass is 9.98. The van der Waals surface area contributed by atoms with E-state index in [1.54, 1.807) is 31.3 Å². The zero-order chi connectivity index (χ0) is 21.0. The third-order valence-electron chi connectivity index (χ3n) is 4.97. The number of hydrogen-bond acceptors (Lipinski definition) is 5. The lowest BCUT2D eigenvalue weighted by Gasteiger charge is -2.26. The van der Waals surface area contributed by atoms with Gasteiger partial charge in [-0.3, -0.25) is 24.5 Å². The van der Waals surface area contributed by atoms with Gasteiger partial charge in [0, 0.05) is 16.8 Å². The molecule has 1 amide bonds. The third-order valence-corrected chi connectivity index (χ3v) is 5.21. The minimum Gasteiger partial charge on any atom is -0.465 e. The molecule has 0 saturated carbocycles. The van der Waals surface area contributed by atoms with Crippen LogP contribution in [0.4, 0.5) is 5.69 Å². The predicted octanol–water partition coefficient (Wildman–Crippen LogP) is 3.90. The fraction of sp³-hybridized carbons (Fsp3) is 0.364. The molecule has 1 aromatic heterocycles. The molecule has 2 atom stereocenters. The first kappa shape index (κ1) is 21.0. The Kier molecular flexibility index (Phi) is 6.64. The van der Waals surface area contributed by atoms with Gasteiger partial charge in [-0.2, -0.15) is 0 Å². The normalized spacial score (nSPS) is 17.2. The molecule has 0 aliphatic carbocycles. The summed E-state index contributed by atoms with van der Waals surface area (Å²) in [6.07, 6.45) is 2.45. The van der Waals surface area contributed by atoms with Crippen molar-refractivity contribution in [1.29, 1.82) is 0 Å². The van der Waals surface area contributed by atoms with Crippen LogP contribution < -0.4 is 4.90 Å². The highest BCUT2D eigenvalue weighted by Crippen LogP contribution is 2.32. The van der Waals surface area contributed by atoms with E-state index in [1.165, 1.54) is 4.90 Å². The number of ether oxygens (including phenoxy) is 1. The minimum atomic E-state index is -0.641. The molecule has 152 valence electrons. The van der Waals surface area contributed by atoms with Crippen molar-refractivity contribution in [2.45, 2.75) is 33.2 Å². The molecule has 3 rings (SSSR count). The quantitative estimate of drug-likeness (QED) is 0.673. The summed E-state index contributed by atoms with van der Waals surface area (Å²) in [5, 5.41) is 0.512. The second-order valence-electron chi connectivity index (χ2n) is 6.91. The Labute approximate surface area is 175 Å². The minimum absolute atomic E-state index is 0.0179. The van der Waals surface area contributed by atoms with Gasteiger partial charge < -0.3 is 4.74 Å². The van der Waals surface area contributed by atoms with Crippen LogP contribution in [0.3, 0.4) is 0 Å². The van der Waals surface area contributed by atoms with Crippen molar-refractivity contribution in [3.05, 3.63) is 58.9 Å². The first-order chi connectivity index (χ1) is 14.0. The number of esters is 1. The molecule has 1 aliphatic heterocycles. The van der Waals surface area contributed by atoms with Crippen LogP contribution in [0.1, 0.15) is 38.4 Å². The average molecular weight is 414 g/mol. The number of amides is 1. The van der Waals surface area contributed by atoms with Crippen molar-refractivity contribution >= 4 is 34.9 Å². The third kappa shape index (κ3) is 4.48. The molecule has 2 aromatic rings. The lowest BCUT2D eigenvalue weighted by molar-refractivity contribution is -0.142. The number of nitrogens with zero attached hydrogens (tertiary/aromatic N) is 3. The molecular weight excluding hydrogens is 390 g/mol. The summed E-state index contributed by atoms with van der Waals surface area (Å²) in [5.74, 6) is -0.719. The number of rotatable bonds is 6. The molecule has 1 aliphatic rings. The number of aromatic nitrogens is 1. The molecule has 0 bridgehead atoms. The predicted molar refractivity (Wildman–Crippen MR) is 114 cm³/mol. The van der Waals surface area contributed by atoms with E-state index >= 15 is 0 Å². The van der Waals surface area contributed by atoms with Gasteiger partial charge in [-0.05, 0) is 43.2 Å². The van der Waals surface area contributed by atoms with E-state index in [0.717, 1.165) is 6.42 Å². The highest BCUT2D eigenvalue weighted by molar-refractivity contribution is 6.32. The van der Waals surface area contributed by atoms with E-state index in [9.17, 15) is 9.59 Å². The molecule has 2 heterocycles. The first-order valence-electron chi connectivity index (χ1n) is 9.72. The van der Waals surface area contributed by atoms with Crippen molar-refractivity contribution in [3.63, 3.8) is 0 Å². The summed E-state index contributed by atoms with van der Waals surface area (Å²) in [6.45, 7) is 5.80. The summed E-state index contributed by atoms with van der Waals surface area (Å²) in [7, 11) is 0. The van der Waals surface area contributed by atoms with E-state index in [4.69, 9.17) is 21.3 Å². The van der Waals surface area contributed by atoms with Crippen molar-refractivity contribution in [2.24, 2.45) is 10.9 Å². The fourth-order valence-electron chi connectivity index (χ4n) is 3.28. The standard InChI is InChI=1S/C22H24ClN3O3/c1-4-14(3)20-22(28)26(13-19(27)29-5-2)18-10-9-15(23)12-16(18)21(25-20)17-8-6-7-11-24-17/h6-12,14,20H,4-5,13H2,1-3H3. The number of hydrogen-bond donors (Lipinski definition) is 0. The van der Waals surface area contributed by atoms with Crippen LogP contribution in [0.5, 0.6) is 0 Å². The summed E-state index contributed by atoms with van der Waals surface area (Å²) in [4.78, 5) is 36.5. The number of carbonyl (C=O) groups excluding carboxylic acids is 2. The second kappa shape index (κ2) is 9.18. The fourth-order valence-corrected chi connectivity index (χ4v) is 3.45. The number of anilines is 1. The molecule has 1 aromatic carbocycles. The highest BCUT2D eigenvalue weighted by atomic mass is 35.5. The molecule has 0 saturated heterocycles. The molecule has 0 N–H and O–H groups in total. The molecule has 0 fully saturated rings. The van der Waals surface area contributed by atoms with Gasteiger partial charge in [-0.15, -0.1) is 0 Å². The van der Waals surface area contributed by atoms with Gasteiger partial charge in [-0.1, -0.05) is 37.9 Å². The summed E-state index contributed by atoms with van der Waals surface area (Å²) >= 11 is 6.28. The Bertz CT molecular complexity index is 930. The maximum atomic E-state index is 13.5. The highest BCUT2D eigenvalue weighted by Gasteiger charge is 2.36. The zero-order valence-corrected chi connectivity index (χ0v) is 17.5. The van der Waals surface area contributed by atoms with Crippen LogP contribution in [0.15, 0.2) is 47.6 Å². The molecule has 29 heavy (non-hydrogen) atoms. The molecule has 7 heteroatoms. The number of benzodiazepines with no additional fused rings is 1. The molecule has 0 radical (unpaired) electrons. The van der Waals surface area contributed by atoms with Gasteiger partial charge in [-0.25, -0.2) is 0 Å². The number of carbonyl (C=O) groups is 2. The van der Waals surface area contributed by atoms with E-state index in [0.29, 0.717) is 27.7 Å². The number of benzene rings is 1. The van der Waals surface area contributed by atoms with Crippen molar-refractivity contribution in [2.75, 3.05) is 18.1 Å². The van der Waals surface area contributed by atoms with Gasteiger partial charge in [0.25, 0.3) is 5.91 Å². The van der Waals surface area contributed by atoms with Crippen molar-refractivity contribution in [1.82, 2.24) is 4.98 Å². The van der Waals surface area contributed by atoms with Crippen LogP contribution in [0.25, 0.3) is 0 Å². The topological polar surface area (TPSA) is 71.9 Å². The van der Waals surface area contributed by atoms with Crippen LogP contribution in [0, 0.1) is 5.92 Å². The van der Waals surface area contributed by atoms with E-state index in [1.807, 2.05) is 32.0 Å². The van der Waals surface area contributed by atoms with Crippen molar-refractivity contribution < 1.29 is 14.3 Å². The van der Waals surface area contributed by atoms with Gasteiger partial charge >= 0.3 is 5.97 Å². The van der Waals surface area contributed by atoms with Crippen LogP contribution in [-0.4, -0.2) is 41.8 Å². The zero-order valence-electron chi connectivity index (χ0n) is 16.8. The van der Waals surface area contributed by atoms with Crippen LogP contribution in [-0.2, 0) is 14.3 Å². The number of aliphatic imine (C=N–C) groups is 1. The largest absolute Gasteiger partial charge is 0.465 e. The lowest BCUT2D eigenvalue weighted by Crippen LogP contribution is -2.43. The Morgan fingerprint density at radius 1 is 1.28 bits per heavy atom. The molecule has 0 spiro atoms.